The maximum Gasteiger partial charge on any atom is 0.259 e. The Labute approximate surface area is 180 Å². The van der Waals surface area contributed by atoms with E-state index in [0.29, 0.717) is 17.1 Å². The molecular weight excluding hydrogens is 424 g/mol. The average molecular weight is 449 g/mol. The zero-order valence-electron chi connectivity index (χ0n) is 17.6. The zero-order valence-corrected chi connectivity index (χ0v) is 18.4. The summed E-state index contributed by atoms with van der Waals surface area (Å²) in [6.07, 6.45) is 0.968. The number of nitrogens with one attached hydrogen (secondary N) is 3. The number of likely N-dealkylation sites (N-methyl/N-ethyl adjacent to an activating group) is 1. The molecule has 0 aliphatic heterocycles. The van der Waals surface area contributed by atoms with Gasteiger partial charge in [0.2, 0.25) is 15.9 Å². The van der Waals surface area contributed by atoms with Crippen molar-refractivity contribution < 1.29 is 27.5 Å². The summed E-state index contributed by atoms with van der Waals surface area (Å²) in [5, 5.41) is 5.21. The van der Waals surface area contributed by atoms with Crippen LogP contribution in [0.15, 0.2) is 42.5 Å². The number of hydrogen-bond acceptors (Lipinski definition) is 6. The molecule has 2 aromatic carbocycles. The Bertz CT molecular complexity index is 1080. The summed E-state index contributed by atoms with van der Waals surface area (Å²) in [7, 11) is -0.386. The van der Waals surface area contributed by atoms with Crippen LogP contribution in [0.25, 0.3) is 0 Å². The lowest BCUT2D eigenvalue weighted by Crippen LogP contribution is -2.27. The number of sulfonamides is 1. The highest BCUT2D eigenvalue weighted by atomic mass is 32.2. The second kappa shape index (κ2) is 9.94. The van der Waals surface area contributed by atoms with Gasteiger partial charge in [-0.1, -0.05) is 0 Å². The van der Waals surface area contributed by atoms with Crippen LogP contribution in [0.5, 0.6) is 5.75 Å². The van der Waals surface area contributed by atoms with Crippen LogP contribution in [0.3, 0.4) is 0 Å². The first kappa shape index (κ1) is 23.7. The van der Waals surface area contributed by atoms with Crippen molar-refractivity contribution in [3.05, 3.63) is 48.0 Å². The Morgan fingerprint density at radius 2 is 1.58 bits per heavy atom. The van der Waals surface area contributed by atoms with E-state index in [0.717, 1.165) is 6.26 Å². The topological polar surface area (TPSA) is 134 Å². The van der Waals surface area contributed by atoms with E-state index in [1.165, 1.54) is 30.0 Å². The molecule has 0 fully saturated rings. The van der Waals surface area contributed by atoms with E-state index in [-0.39, 0.29) is 29.7 Å². The molecule has 2 rings (SSSR count). The highest BCUT2D eigenvalue weighted by molar-refractivity contribution is 7.92. The normalized spacial score (nSPS) is 10.7. The number of rotatable bonds is 8. The third-order valence-corrected chi connectivity index (χ3v) is 4.44. The van der Waals surface area contributed by atoms with Crippen molar-refractivity contribution in [1.29, 1.82) is 0 Å². The summed E-state index contributed by atoms with van der Waals surface area (Å²) < 4.78 is 30.9. The Morgan fingerprint density at radius 3 is 2.13 bits per heavy atom. The van der Waals surface area contributed by atoms with Crippen LogP contribution in [0.2, 0.25) is 0 Å². The van der Waals surface area contributed by atoms with Crippen molar-refractivity contribution in [3.8, 4) is 5.75 Å². The molecule has 0 radical (unpaired) electrons. The molecular formula is C20H24N4O6S. The van der Waals surface area contributed by atoms with Crippen molar-refractivity contribution >= 4 is 44.8 Å². The third-order valence-electron chi connectivity index (χ3n) is 3.85. The van der Waals surface area contributed by atoms with E-state index in [1.54, 1.807) is 38.4 Å². The highest BCUT2D eigenvalue weighted by Gasteiger charge is 2.16. The van der Waals surface area contributed by atoms with Gasteiger partial charge in [-0.15, -0.1) is 0 Å². The molecule has 3 N–H and O–H groups in total. The molecule has 10 nitrogen and oxygen atoms in total. The number of carbonyl (C=O) groups is 3. The van der Waals surface area contributed by atoms with Crippen LogP contribution in [0.4, 0.5) is 17.1 Å². The largest absolute Gasteiger partial charge is 0.484 e. The van der Waals surface area contributed by atoms with Crippen molar-refractivity contribution in [2.24, 2.45) is 0 Å². The fraction of sp³-hybridized carbons (Fsp3) is 0.250. The second-order valence-corrected chi connectivity index (χ2v) is 8.62. The smallest absolute Gasteiger partial charge is 0.259 e. The number of benzene rings is 2. The SMILES string of the molecule is CC(=O)Nc1ccc(NS(C)(=O)=O)c(C(=O)Nc2ccc(OCC(=O)N(C)C)cc2)c1. The molecule has 0 unspecified atom stereocenters. The van der Waals surface area contributed by atoms with Crippen LogP contribution >= 0.6 is 0 Å². The van der Waals surface area contributed by atoms with Crippen molar-refractivity contribution in [2.75, 3.05) is 42.3 Å². The standard InChI is InChI=1S/C20H24N4O6S/c1-13(25)21-15-7-10-18(23-31(4,28)29)17(11-15)20(27)22-14-5-8-16(9-6-14)30-12-19(26)24(2)3/h5-11,23H,12H2,1-4H3,(H,21,25)(H,22,27). The molecule has 0 saturated carbocycles. The molecule has 0 aromatic heterocycles. The van der Waals surface area contributed by atoms with Gasteiger partial charge in [0.25, 0.3) is 11.8 Å². The van der Waals surface area contributed by atoms with Gasteiger partial charge in [0.1, 0.15) is 5.75 Å². The molecule has 2 aromatic rings. The Balaban J connectivity index is 2.19. The Morgan fingerprint density at radius 1 is 0.968 bits per heavy atom. The van der Waals surface area contributed by atoms with Gasteiger partial charge in [-0.2, -0.15) is 0 Å². The van der Waals surface area contributed by atoms with Gasteiger partial charge in [-0.3, -0.25) is 19.1 Å². The van der Waals surface area contributed by atoms with Crippen LogP contribution in [0, 0.1) is 0 Å². The molecule has 0 saturated heterocycles. The van der Waals surface area contributed by atoms with Gasteiger partial charge in [0, 0.05) is 32.4 Å². The number of anilines is 3. The van der Waals surface area contributed by atoms with Crippen LogP contribution in [-0.2, 0) is 19.6 Å². The Kier molecular flexibility index (Phi) is 7.59. The quantitative estimate of drug-likeness (QED) is 0.563. The average Bonchev–Trinajstić information content (AvgIpc) is 2.66. The van der Waals surface area contributed by atoms with E-state index in [1.807, 2.05) is 0 Å². The summed E-state index contributed by atoms with van der Waals surface area (Å²) in [4.78, 5) is 37.1. The van der Waals surface area contributed by atoms with Crippen LogP contribution in [-0.4, -0.2) is 58.0 Å². The lowest BCUT2D eigenvalue weighted by molar-refractivity contribution is -0.130. The van der Waals surface area contributed by atoms with Crippen molar-refractivity contribution in [2.45, 2.75) is 6.92 Å². The summed E-state index contributed by atoms with van der Waals surface area (Å²) >= 11 is 0. The minimum atomic E-state index is -3.63. The molecule has 0 aliphatic carbocycles. The third kappa shape index (κ3) is 7.63. The minimum Gasteiger partial charge on any atom is -0.484 e. The predicted octanol–water partition coefficient (Wildman–Crippen LogP) is 1.74. The van der Waals surface area contributed by atoms with Gasteiger partial charge < -0.3 is 20.3 Å². The van der Waals surface area contributed by atoms with Crippen LogP contribution in [0.1, 0.15) is 17.3 Å². The summed E-state index contributed by atoms with van der Waals surface area (Å²) in [6.45, 7) is 1.20. The van der Waals surface area contributed by atoms with Gasteiger partial charge in [0.15, 0.2) is 6.61 Å². The molecule has 31 heavy (non-hydrogen) atoms. The van der Waals surface area contributed by atoms with E-state index >= 15 is 0 Å². The first-order valence-electron chi connectivity index (χ1n) is 9.08. The molecule has 0 spiro atoms. The summed E-state index contributed by atoms with van der Waals surface area (Å²) in [5.41, 5.74) is 0.849. The number of nitrogens with zero attached hydrogens (tertiary/aromatic N) is 1. The van der Waals surface area contributed by atoms with E-state index in [2.05, 4.69) is 15.4 Å². The first-order valence-corrected chi connectivity index (χ1v) is 11.0. The zero-order chi connectivity index (χ0) is 23.2. The lowest BCUT2D eigenvalue weighted by atomic mass is 10.1. The predicted molar refractivity (Wildman–Crippen MR) is 118 cm³/mol. The van der Waals surface area contributed by atoms with E-state index < -0.39 is 15.9 Å². The van der Waals surface area contributed by atoms with Crippen LogP contribution < -0.4 is 20.1 Å². The number of carbonyl (C=O) groups excluding carboxylic acids is 3. The number of ether oxygens (including phenoxy) is 1. The number of hydrogen-bond donors (Lipinski definition) is 3. The lowest BCUT2D eigenvalue weighted by Gasteiger charge is -2.14. The van der Waals surface area contributed by atoms with Crippen molar-refractivity contribution in [1.82, 2.24) is 4.90 Å². The molecule has 0 bridgehead atoms. The molecule has 3 amide bonds. The molecule has 166 valence electrons. The fourth-order valence-corrected chi connectivity index (χ4v) is 2.99. The Hall–Kier alpha value is -3.60. The molecule has 0 heterocycles. The molecule has 0 atom stereocenters. The van der Waals surface area contributed by atoms with Gasteiger partial charge in [-0.25, -0.2) is 8.42 Å². The summed E-state index contributed by atoms with van der Waals surface area (Å²) in [6, 6.07) is 10.6. The van der Waals surface area contributed by atoms with Gasteiger partial charge in [0.05, 0.1) is 17.5 Å². The van der Waals surface area contributed by atoms with Gasteiger partial charge >= 0.3 is 0 Å². The summed E-state index contributed by atoms with van der Waals surface area (Å²) in [5.74, 6) is -0.670. The maximum atomic E-state index is 12.8. The molecule has 11 heteroatoms. The van der Waals surface area contributed by atoms with Gasteiger partial charge in [-0.05, 0) is 42.5 Å². The first-order chi connectivity index (χ1) is 14.4. The monoisotopic (exact) mass is 448 g/mol. The van der Waals surface area contributed by atoms with E-state index in [4.69, 9.17) is 4.74 Å². The second-order valence-electron chi connectivity index (χ2n) is 6.87. The maximum absolute atomic E-state index is 12.8. The molecule has 0 aliphatic rings. The minimum absolute atomic E-state index is 0.0218. The van der Waals surface area contributed by atoms with E-state index in [9.17, 15) is 22.8 Å². The van der Waals surface area contributed by atoms with Crippen molar-refractivity contribution in [3.63, 3.8) is 0 Å². The highest BCUT2D eigenvalue weighted by Crippen LogP contribution is 2.24. The number of amides is 3. The fourth-order valence-electron chi connectivity index (χ4n) is 2.41.